The molecule has 0 aliphatic carbocycles. The lowest BCUT2D eigenvalue weighted by Crippen LogP contribution is -2.51. The number of hydrogen-bond acceptors (Lipinski definition) is 3. The third-order valence-electron chi connectivity index (χ3n) is 6.29. The third kappa shape index (κ3) is 6.93. The van der Waals surface area contributed by atoms with Crippen LogP contribution in [0.4, 0.5) is 0 Å². The van der Waals surface area contributed by atoms with E-state index < -0.39 is 0 Å². The summed E-state index contributed by atoms with van der Waals surface area (Å²) >= 11 is 0. The summed E-state index contributed by atoms with van der Waals surface area (Å²) < 4.78 is 2.08. The second kappa shape index (κ2) is 11.7. The Labute approximate surface area is 197 Å². The summed E-state index contributed by atoms with van der Waals surface area (Å²) in [5.74, 6) is 0.911. The molecule has 174 valence electrons. The lowest BCUT2D eigenvalue weighted by Gasteiger charge is -2.38. The lowest BCUT2D eigenvalue weighted by molar-refractivity contribution is 0.134. The van der Waals surface area contributed by atoms with Crippen LogP contribution in [0.25, 0.3) is 0 Å². The van der Waals surface area contributed by atoms with Gasteiger partial charge in [0.05, 0.1) is 12.9 Å². The number of rotatable bonds is 8. The first-order chi connectivity index (χ1) is 16.2. The van der Waals surface area contributed by atoms with Crippen LogP contribution in [0.1, 0.15) is 43.4 Å². The van der Waals surface area contributed by atoms with Gasteiger partial charge in [0, 0.05) is 50.7 Å². The number of nitrogens with zero attached hydrogens (tertiary/aromatic N) is 4. The summed E-state index contributed by atoms with van der Waals surface area (Å²) in [6.45, 7) is 8.96. The minimum atomic E-state index is 0.447. The fourth-order valence-corrected chi connectivity index (χ4v) is 4.43. The summed E-state index contributed by atoms with van der Waals surface area (Å²) in [6, 6.07) is 20.5. The molecule has 0 bridgehead atoms. The van der Waals surface area contributed by atoms with Crippen molar-refractivity contribution in [2.45, 2.75) is 58.4 Å². The van der Waals surface area contributed by atoms with Crippen molar-refractivity contribution in [2.24, 2.45) is 4.99 Å². The average molecular weight is 445 g/mol. The Balaban J connectivity index is 1.29. The van der Waals surface area contributed by atoms with E-state index in [0.717, 1.165) is 45.0 Å². The Hall–Kier alpha value is -3.12. The normalized spacial score (nSPS) is 19.4. The third-order valence-corrected chi connectivity index (χ3v) is 6.29. The van der Waals surface area contributed by atoms with Crippen LogP contribution < -0.4 is 10.6 Å². The zero-order valence-corrected chi connectivity index (χ0v) is 19.8. The smallest absolute Gasteiger partial charge is 0.191 e. The zero-order valence-electron chi connectivity index (χ0n) is 19.8. The summed E-state index contributed by atoms with van der Waals surface area (Å²) in [5, 5.41) is 7.11. The van der Waals surface area contributed by atoms with E-state index in [9.17, 15) is 0 Å². The molecule has 1 fully saturated rings. The van der Waals surface area contributed by atoms with Crippen LogP contribution in [-0.2, 0) is 19.6 Å². The molecule has 1 aromatic heterocycles. The van der Waals surface area contributed by atoms with Gasteiger partial charge in [0.1, 0.15) is 0 Å². The summed E-state index contributed by atoms with van der Waals surface area (Å²) in [4.78, 5) is 11.6. The van der Waals surface area contributed by atoms with Crippen LogP contribution in [0.2, 0.25) is 0 Å². The fourth-order valence-electron chi connectivity index (χ4n) is 4.43. The predicted octanol–water partition coefficient (Wildman–Crippen LogP) is 4.04. The number of aliphatic imine (C=N–C) groups is 1. The number of nitrogens with one attached hydrogen (secondary N) is 2. The van der Waals surface area contributed by atoms with Gasteiger partial charge in [-0.1, -0.05) is 54.6 Å². The summed E-state index contributed by atoms with van der Waals surface area (Å²) in [6.07, 6.45) is 7.90. The number of benzene rings is 2. The van der Waals surface area contributed by atoms with Crippen molar-refractivity contribution in [1.82, 2.24) is 25.1 Å². The van der Waals surface area contributed by atoms with Crippen molar-refractivity contribution >= 4 is 5.96 Å². The van der Waals surface area contributed by atoms with Gasteiger partial charge in [-0.05, 0) is 43.4 Å². The van der Waals surface area contributed by atoms with Gasteiger partial charge in [-0.25, -0.2) is 9.98 Å². The topological polar surface area (TPSA) is 57.5 Å². The van der Waals surface area contributed by atoms with Crippen LogP contribution in [0.3, 0.4) is 0 Å². The van der Waals surface area contributed by atoms with Gasteiger partial charge < -0.3 is 15.2 Å². The molecule has 2 N–H and O–H groups in total. The first-order valence-electron chi connectivity index (χ1n) is 12.1. The van der Waals surface area contributed by atoms with Gasteiger partial charge >= 0.3 is 0 Å². The number of guanidine groups is 1. The highest BCUT2D eigenvalue weighted by molar-refractivity contribution is 5.80. The molecule has 0 saturated carbocycles. The fraction of sp³-hybridized carbons (Fsp3) is 0.407. The van der Waals surface area contributed by atoms with E-state index in [-0.39, 0.29) is 0 Å². The standard InChI is InChI=1S/C27H36N6/c1-3-29-27(30-18-23-9-11-25(12-10-23)19-32-16-14-28-21-32)31-26-13-15-33(22(2)17-26)20-24-7-5-4-6-8-24/h4-12,14,16,21-22,26H,3,13,15,17-20H2,1-2H3,(H2,29,30,31). The number of imidazole rings is 1. The molecular weight excluding hydrogens is 408 g/mol. The number of aromatic nitrogens is 2. The maximum absolute atomic E-state index is 4.86. The SMILES string of the molecule is CCNC(=NCc1ccc(Cn2ccnc2)cc1)NC1CCN(Cc2ccccc2)C(C)C1. The van der Waals surface area contributed by atoms with Gasteiger partial charge in [-0.15, -0.1) is 0 Å². The first kappa shape index (κ1) is 23.1. The molecular formula is C27H36N6. The van der Waals surface area contributed by atoms with Gasteiger partial charge in [-0.2, -0.15) is 0 Å². The molecule has 2 unspecified atom stereocenters. The van der Waals surface area contributed by atoms with E-state index >= 15 is 0 Å². The predicted molar refractivity (Wildman–Crippen MR) is 135 cm³/mol. The Morgan fingerprint density at radius 2 is 1.79 bits per heavy atom. The molecule has 1 aliphatic rings. The van der Waals surface area contributed by atoms with Crippen molar-refractivity contribution in [1.29, 1.82) is 0 Å². The van der Waals surface area contributed by atoms with Crippen molar-refractivity contribution in [3.8, 4) is 0 Å². The molecule has 0 radical (unpaired) electrons. The van der Waals surface area contributed by atoms with Crippen LogP contribution >= 0.6 is 0 Å². The highest BCUT2D eigenvalue weighted by Crippen LogP contribution is 2.20. The van der Waals surface area contributed by atoms with Crippen molar-refractivity contribution in [2.75, 3.05) is 13.1 Å². The second-order valence-corrected chi connectivity index (χ2v) is 8.92. The Bertz CT molecular complexity index is 981. The highest BCUT2D eigenvalue weighted by Gasteiger charge is 2.25. The first-order valence-corrected chi connectivity index (χ1v) is 12.1. The van der Waals surface area contributed by atoms with E-state index in [4.69, 9.17) is 4.99 Å². The molecule has 0 spiro atoms. The zero-order chi connectivity index (χ0) is 22.9. The summed E-state index contributed by atoms with van der Waals surface area (Å²) in [7, 11) is 0. The van der Waals surface area contributed by atoms with E-state index in [1.165, 1.54) is 16.7 Å². The van der Waals surface area contributed by atoms with Gasteiger partial charge in [0.25, 0.3) is 0 Å². The largest absolute Gasteiger partial charge is 0.357 e. The van der Waals surface area contributed by atoms with Crippen LogP contribution in [0.5, 0.6) is 0 Å². The van der Waals surface area contributed by atoms with Crippen LogP contribution in [0.15, 0.2) is 78.3 Å². The molecule has 2 aromatic carbocycles. The Morgan fingerprint density at radius 1 is 1.03 bits per heavy atom. The lowest BCUT2D eigenvalue weighted by atomic mass is 9.97. The van der Waals surface area contributed by atoms with Crippen LogP contribution in [-0.4, -0.2) is 45.6 Å². The number of hydrogen-bond donors (Lipinski definition) is 2. The number of piperidine rings is 1. The molecule has 6 heteroatoms. The van der Waals surface area contributed by atoms with E-state index in [0.29, 0.717) is 18.6 Å². The van der Waals surface area contributed by atoms with Gasteiger partial charge in [-0.3, -0.25) is 4.90 Å². The van der Waals surface area contributed by atoms with Crippen molar-refractivity contribution in [3.05, 3.63) is 90.0 Å². The van der Waals surface area contributed by atoms with Crippen LogP contribution in [0, 0.1) is 0 Å². The average Bonchev–Trinajstić information content (AvgIpc) is 3.34. The molecule has 6 nitrogen and oxygen atoms in total. The molecule has 3 aromatic rings. The molecule has 2 heterocycles. The Morgan fingerprint density at radius 3 is 2.48 bits per heavy atom. The minimum absolute atomic E-state index is 0.447. The van der Waals surface area contributed by atoms with Crippen molar-refractivity contribution < 1.29 is 0 Å². The Kier molecular flexibility index (Phi) is 8.14. The summed E-state index contributed by atoms with van der Waals surface area (Å²) in [5.41, 5.74) is 3.87. The second-order valence-electron chi connectivity index (χ2n) is 8.92. The maximum atomic E-state index is 4.86. The molecule has 2 atom stereocenters. The minimum Gasteiger partial charge on any atom is -0.357 e. The monoisotopic (exact) mass is 444 g/mol. The van der Waals surface area contributed by atoms with Gasteiger partial charge in [0.2, 0.25) is 0 Å². The molecule has 1 saturated heterocycles. The van der Waals surface area contributed by atoms with E-state index in [2.05, 4.69) is 93.5 Å². The van der Waals surface area contributed by atoms with Gasteiger partial charge in [0.15, 0.2) is 5.96 Å². The van der Waals surface area contributed by atoms with Crippen molar-refractivity contribution in [3.63, 3.8) is 0 Å². The number of likely N-dealkylation sites (tertiary alicyclic amines) is 1. The quantitative estimate of drug-likeness (QED) is 0.407. The van der Waals surface area contributed by atoms with E-state index in [1.54, 1.807) is 0 Å². The van der Waals surface area contributed by atoms with E-state index in [1.807, 2.05) is 18.7 Å². The molecule has 4 rings (SSSR count). The highest BCUT2D eigenvalue weighted by atomic mass is 15.2. The maximum Gasteiger partial charge on any atom is 0.191 e. The molecule has 33 heavy (non-hydrogen) atoms. The molecule has 0 amide bonds. The molecule has 1 aliphatic heterocycles.